The zero-order valence-corrected chi connectivity index (χ0v) is 11.7. The highest BCUT2D eigenvalue weighted by Gasteiger charge is 2.13. The Labute approximate surface area is 123 Å². The fourth-order valence-electron chi connectivity index (χ4n) is 1.53. The highest BCUT2D eigenvalue weighted by molar-refractivity contribution is 7.14. The Hall–Kier alpha value is -2.61. The molecule has 6 nitrogen and oxygen atoms in total. The second-order valence-electron chi connectivity index (χ2n) is 3.94. The lowest BCUT2D eigenvalue weighted by atomic mass is 10.2. The van der Waals surface area contributed by atoms with Crippen molar-refractivity contribution in [1.29, 1.82) is 0 Å². The number of nitrogens with one attached hydrogen (secondary N) is 1. The van der Waals surface area contributed by atoms with E-state index in [1.807, 2.05) is 0 Å². The zero-order valence-electron chi connectivity index (χ0n) is 10.9. The van der Waals surface area contributed by atoms with Gasteiger partial charge in [0.25, 0.3) is 5.91 Å². The number of carbonyl (C=O) groups is 1. The predicted molar refractivity (Wildman–Crippen MR) is 77.5 cm³/mol. The molecule has 0 aliphatic rings. The molecule has 0 saturated carbocycles. The molecule has 21 heavy (non-hydrogen) atoms. The fourth-order valence-corrected chi connectivity index (χ4v) is 2.30. The van der Waals surface area contributed by atoms with Crippen LogP contribution in [0.25, 0.3) is 12.2 Å². The molecule has 0 unspecified atom stereocenters. The molecule has 0 atom stereocenters. The van der Waals surface area contributed by atoms with Gasteiger partial charge in [-0.05, 0) is 17.7 Å². The van der Waals surface area contributed by atoms with Crippen LogP contribution in [0.5, 0.6) is 0 Å². The molecule has 2 rings (SSSR count). The molecule has 0 aliphatic heterocycles. The van der Waals surface area contributed by atoms with Crippen LogP contribution >= 0.6 is 11.3 Å². The summed E-state index contributed by atoms with van der Waals surface area (Å²) in [5.41, 5.74) is -0.109. The van der Waals surface area contributed by atoms with Gasteiger partial charge in [0.1, 0.15) is 9.88 Å². The molecule has 0 spiro atoms. The van der Waals surface area contributed by atoms with Crippen molar-refractivity contribution >= 4 is 35.1 Å². The molecule has 0 bridgehead atoms. The molecule has 0 saturated heterocycles. The molecule has 2 aromatic rings. The van der Waals surface area contributed by atoms with Crippen LogP contribution in [0.1, 0.15) is 20.2 Å². The number of rotatable bonds is 4. The number of thiazole rings is 1. The van der Waals surface area contributed by atoms with Gasteiger partial charge in [0, 0.05) is 13.1 Å². The monoisotopic (exact) mass is 307 g/mol. The smallest absolute Gasteiger partial charge is 0.305 e. The first-order chi connectivity index (χ1) is 10.0. The lowest BCUT2D eigenvalue weighted by Gasteiger charge is -1.96. The zero-order chi connectivity index (χ0) is 15.4. The van der Waals surface area contributed by atoms with Crippen molar-refractivity contribution in [3.05, 3.63) is 55.8 Å². The second kappa shape index (κ2) is 6.23. The number of aromatic nitrogens is 1. The summed E-state index contributed by atoms with van der Waals surface area (Å²) >= 11 is 1.18. The summed E-state index contributed by atoms with van der Waals surface area (Å²) < 4.78 is 13.2. The number of carbonyl (C=O) groups excluding carboxylic acids is 1. The molecule has 1 aromatic heterocycles. The minimum atomic E-state index is -0.881. The van der Waals surface area contributed by atoms with Crippen LogP contribution in [0, 0.1) is 15.9 Å². The summed E-state index contributed by atoms with van der Waals surface area (Å²) in [5, 5.41) is 13.7. The Bertz CT molecular complexity index is 727. The third-order valence-electron chi connectivity index (χ3n) is 2.56. The van der Waals surface area contributed by atoms with Crippen molar-refractivity contribution in [2.75, 3.05) is 7.05 Å². The Morgan fingerprint density at radius 3 is 2.90 bits per heavy atom. The summed E-state index contributed by atoms with van der Waals surface area (Å²) in [4.78, 5) is 25.7. The van der Waals surface area contributed by atoms with Crippen molar-refractivity contribution in [3.8, 4) is 0 Å². The van der Waals surface area contributed by atoms with E-state index >= 15 is 0 Å². The molecule has 1 amide bonds. The van der Waals surface area contributed by atoms with E-state index in [1.54, 1.807) is 12.2 Å². The van der Waals surface area contributed by atoms with E-state index in [9.17, 15) is 19.3 Å². The lowest BCUT2D eigenvalue weighted by Crippen LogP contribution is -2.16. The third kappa shape index (κ3) is 3.48. The van der Waals surface area contributed by atoms with Crippen molar-refractivity contribution in [2.24, 2.45) is 0 Å². The van der Waals surface area contributed by atoms with Crippen LogP contribution in [0.3, 0.4) is 0 Å². The second-order valence-corrected chi connectivity index (χ2v) is 5.01. The van der Waals surface area contributed by atoms with Gasteiger partial charge in [0.15, 0.2) is 0 Å². The molecule has 0 radical (unpaired) electrons. The van der Waals surface area contributed by atoms with E-state index in [0.29, 0.717) is 15.4 Å². The average molecular weight is 307 g/mol. The molecule has 0 fully saturated rings. The highest BCUT2D eigenvalue weighted by Crippen LogP contribution is 2.21. The number of benzene rings is 1. The van der Waals surface area contributed by atoms with Gasteiger partial charge in [0.2, 0.25) is 5.82 Å². The number of nitro benzene ring substituents is 1. The Morgan fingerprint density at radius 2 is 2.24 bits per heavy atom. The number of nitrogens with zero attached hydrogens (tertiary/aromatic N) is 2. The van der Waals surface area contributed by atoms with Crippen LogP contribution in [0.15, 0.2) is 24.4 Å². The third-order valence-corrected chi connectivity index (χ3v) is 3.52. The van der Waals surface area contributed by atoms with Crippen molar-refractivity contribution in [3.63, 3.8) is 0 Å². The minimum absolute atomic E-state index is 0.232. The number of halogens is 1. The molecule has 1 aromatic carbocycles. The average Bonchev–Trinajstić information content (AvgIpc) is 2.94. The fraction of sp³-hybridized carbons (Fsp3) is 0.0769. The van der Waals surface area contributed by atoms with E-state index in [1.165, 1.54) is 30.6 Å². The molecule has 1 N–H and O–H groups in total. The Kier molecular flexibility index (Phi) is 4.39. The molecular formula is C13H10FN3O3S. The standard InChI is InChI=1S/C13H10FN3O3S/c1-15-13(18)11-7-16-12(21-11)5-3-8-2-4-9(14)10(6-8)17(19)20/h2-7H,1H3,(H,15,18). The van der Waals surface area contributed by atoms with Crippen LogP contribution in [-0.4, -0.2) is 22.9 Å². The van der Waals surface area contributed by atoms with Gasteiger partial charge in [-0.25, -0.2) is 4.98 Å². The first-order valence-corrected chi connectivity index (χ1v) is 6.63. The number of nitro groups is 1. The van der Waals surface area contributed by atoms with Crippen LogP contribution < -0.4 is 5.32 Å². The first-order valence-electron chi connectivity index (χ1n) is 5.81. The maximum Gasteiger partial charge on any atom is 0.305 e. The number of hydrogen-bond acceptors (Lipinski definition) is 5. The van der Waals surface area contributed by atoms with Gasteiger partial charge in [-0.3, -0.25) is 14.9 Å². The first kappa shape index (κ1) is 14.8. The maximum absolute atomic E-state index is 13.2. The largest absolute Gasteiger partial charge is 0.354 e. The van der Waals surface area contributed by atoms with Crippen molar-refractivity contribution in [1.82, 2.24) is 10.3 Å². The summed E-state index contributed by atoms with van der Waals surface area (Å²) in [6, 6.07) is 3.60. The SMILES string of the molecule is CNC(=O)c1cnc(C=Cc2ccc(F)c([N+](=O)[O-])c2)s1. The van der Waals surface area contributed by atoms with Gasteiger partial charge in [-0.15, -0.1) is 11.3 Å². The van der Waals surface area contributed by atoms with Crippen LogP contribution in [0.4, 0.5) is 10.1 Å². The normalized spacial score (nSPS) is 10.8. The summed E-state index contributed by atoms with van der Waals surface area (Å²) in [6.45, 7) is 0. The van der Waals surface area contributed by atoms with Crippen LogP contribution in [-0.2, 0) is 0 Å². The highest BCUT2D eigenvalue weighted by atomic mass is 32.1. The molecule has 0 aliphatic carbocycles. The Balaban J connectivity index is 2.21. The molecule has 8 heteroatoms. The van der Waals surface area contributed by atoms with Gasteiger partial charge >= 0.3 is 5.69 Å². The van der Waals surface area contributed by atoms with Gasteiger partial charge in [-0.2, -0.15) is 4.39 Å². The maximum atomic E-state index is 13.2. The van der Waals surface area contributed by atoms with Crippen molar-refractivity contribution < 1.29 is 14.1 Å². The Morgan fingerprint density at radius 1 is 1.48 bits per heavy atom. The van der Waals surface area contributed by atoms with E-state index in [0.717, 1.165) is 12.1 Å². The summed E-state index contributed by atoms with van der Waals surface area (Å²) in [6.07, 6.45) is 4.61. The predicted octanol–water partition coefficient (Wildman–Crippen LogP) is 2.72. The summed E-state index contributed by atoms with van der Waals surface area (Å²) in [5.74, 6) is -1.11. The summed E-state index contributed by atoms with van der Waals surface area (Å²) in [7, 11) is 1.52. The van der Waals surface area contributed by atoms with Gasteiger partial charge in [-0.1, -0.05) is 12.1 Å². The van der Waals surface area contributed by atoms with E-state index in [4.69, 9.17) is 0 Å². The van der Waals surface area contributed by atoms with E-state index in [2.05, 4.69) is 10.3 Å². The number of hydrogen-bond donors (Lipinski definition) is 1. The van der Waals surface area contributed by atoms with E-state index < -0.39 is 16.4 Å². The molecule has 1 heterocycles. The van der Waals surface area contributed by atoms with Crippen LogP contribution in [0.2, 0.25) is 0 Å². The van der Waals surface area contributed by atoms with Gasteiger partial charge < -0.3 is 5.32 Å². The molecule has 108 valence electrons. The van der Waals surface area contributed by atoms with E-state index in [-0.39, 0.29) is 5.91 Å². The molecular weight excluding hydrogens is 297 g/mol. The minimum Gasteiger partial charge on any atom is -0.354 e. The topological polar surface area (TPSA) is 85.1 Å². The van der Waals surface area contributed by atoms with Gasteiger partial charge in [0.05, 0.1) is 11.1 Å². The quantitative estimate of drug-likeness (QED) is 0.695. The number of amides is 1. The lowest BCUT2D eigenvalue weighted by molar-refractivity contribution is -0.387. The van der Waals surface area contributed by atoms with Crippen molar-refractivity contribution in [2.45, 2.75) is 0 Å².